The highest BCUT2D eigenvalue weighted by Crippen LogP contribution is 2.39. The van der Waals surface area contributed by atoms with Crippen LogP contribution in [0.1, 0.15) is 29.7 Å². The minimum Gasteiger partial charge on any atom is -0.493 e. The topological polar surface area (TPSA) is 79.1 Å². The van der Waals surface area contributed by atoms with Crippen molar-refractivity contribution in [1.82, 2.24) is 4.57 Å². The summed E-state index contributed by atoms with van der Waals surface area (Å²) < 4.78 is 60.8. The zero-order chi connectivity index (χ0) is 31.6. The number of aromatic nitrogens is 1. The van der Waals surface area contributed by atoms with E-state index in [0.29, 0.717) is 27.1 Å². The van der Waals surface area contributed by atoms with E-state index < -0.39 is 35.0 Å². The van der Waals surface area contributed by atoms with Crippen molar-refractivity contribution in [3.63, 3.8) is 0 Å². The molecule has 4 aromatic rings. The lowest BCUT2D eigenvalue weighted by molar-refractivity contribution is -0.140. The van der Waals surface area contributed by atoms with Gasteiger partial charge in [-0.3, -0.25) is 9.36 Å². The molecule has 0 spiro atoms. The van der Waals surface area contributed by atoms with E-state index in [-0.39, 0.29) is 28.1 Å². The van der Waals surface area contributed by atoms with Gasteiger partial charge in [-0.05, 0) is 54.5 Å². The maximum absolute atomic E-state index is 14.4. The zero-order valence-electron chi connectivity index (χ0n) is 23.2. The fraction of sp³-hybridized carbons (Fsp3) is 0.194. The molecule has 0 amide bonds. The van der Waals surface area contributed by atoms with Gasteiger partial charge in [-0.15, -0.1) is 0 Å². The van der Waals surface area contributed by atoms with Crippen molar-refractivity contribution < 1.29 is 32.2 Å². The number of carbonyl (C=O) groups is 1. The Hall–Kier alpha value is -4.06. The van der Waals surface area contributed by atoms with Crippen molar-refractivity contribution in [2.24, 2.45) is 4.99 Å². The number of rotatable bonds is 8. The summed E-state index contributed by atoms with van der Waals surface area (Å²) in [7, 11) is 1.46. The lowest BCUT2D eigenvalue weighted by atomic mass is 9.95. The number of carbonyl (C=O) groups excluding carboxylic acids is 1. The molecule has 0 saturated carbocycles. The molecule has 0 N–H and O–H groups in total. The van der Waals surface area contributed by atoms with Crippen molar-refractivity contribution in [1.29, 1.82) is 0 Å². The Labute approximate surface area is 263 Å². The smallest absolute Gasteiger partial charge is 0.434 e. The molecule has 5 rings (SSSR count). The largest absolute Gasteiger partial charge is 0.493 e. The maximum Gasteiger partial charge on any atom is 0.434 e. The van der Waals surface area contributed by atoms with Crippen LogP contribution in [0.2, 0.25) is 10.0 Å². The molecule has 0 bridgehead atoms. The Kier molecular flexibility index (Phi) is 9.19. The summed E-state index contributed by atoms with van der Waals surface area (Å²) in [6.07, 6.45) is -3.53. The molecule has 1 aromatic heterocycles. The van der Waals surface area contributed by atoms with Crippen LogP contribution >= 0.6 is 34.5 Å². The monoisotopic (exact) mass is 662 g/mol. The third-order valence-corrected chi connectivity index (χ3v) is 8.08. The molecule has 2 heterocycles. The van der Waals surface area contributed by atoms with Crippen LogP contribution in [0.4, 0.5) is 13.2 Å². The Bertz CT molecular complexity index is 1920. The number of thiazole rings is 1. The number of fused-ring (bicyclic) bond motifs is 1. The molecular weight excluding hydrogens is 640 g/mol. The summed E-state index contributed by atoms with van der Waals surface area (Å²) in [6, 6.07) is 16.4. The fourth-order valence-electron chi connectivity index (χ4n) is 4.64. The Morgan fingerprint density at radius 3 is 2.32 bits per heavy atom. The molecule has 0 saturated heterocycles. The Morgan fingerprint density at radius 1 is 1.05 bits per heavy atom. The van der Waals surface area contributed by atoms with Gasteiger partial charge in [-0.25, -0.2) is 9.79 Å². The predicted octanol–water partition coefficient (Wildman–Crippen LogP) is 6.24. The first-order valence-corrected chi connectivity index (χ1v) is 14.7. The first-order valence-electron chi connectivity index (χ1n) is 13.1. The number of benzene rings is 3. The summed E-state index contributed by atoms with van der Waals surface area (Å²) in [5.41, 5.74) is -1.42. The second-order valence-corrected chi connectivity index (χ2v) is 11.3. The molecule has 13 heteroatoms. The van der Waals surface area contributed by atoms with Crippen LogP contribution in [0, 0.1) is 0 Å². The molecule has 0 radical (unpaired) electrons. The molecule has 44 heavy (non-hydrogen) atoms. The van der Waals surface area contributed by atoms with Gasteiger partial charge >= 0.3 is 12.1 Å². The lowest BCUT2D eigenvalue weighted by Gasteiger charge is -2.26. The first kappa shape index (κ1) is 31.4. The summed E-state index contributed by atoms with van der Waals surface area (Å²) in [6.45, 7) is 1.44. The third-order valence-electron chi connectivity index (χ3n) is 6.59. The van der Waals surface area contributed by atoms with E-state index in [4.69, 9.17) is 37.4 Å². The highest BCUT2D eigenvalue weighted by Gasteiger charge is 2.45. The van der Waals surface area contributed by atoms with Crippen LogP contribution in [0.15, 0.2) is 87.8 Å². The highest BCUT2D eigenvalue weighted by atomic mass is 35.5. The number of para-hydroxylation sites is 1. The molecule has 0 aliphatic carbocycles. The molecule has 228 valence electrons. The van der Waals surface area contributed by atoms with Crippen LogP contribution in [0.5, 0.6) is 11.5 Å². The van der Waals surface area contributed by atoms with Gasteiger partial charge in [-0.2, -0.15) is 13.2 Å². The average molecular weight is 664 g/mol. The summed E-state index contributed by atoms with van der Waals surface area (Å²) >= 11 is 12.8. The van der Waals surface area contributed by atoms with Gasteiger partial charge < -0.3 is 14.2 Å². The number of methoxy groups -OCH3 is 1. The van der Waals surface area contributed by atoms with E-state index in [2.05, 4.69) is 4.99 Å². The molecule has 1 aliphatic rings. The minimum atomic E-state index is -5.02. The average Bonchev–Trinajstić information content (AvgIpc) is 3.30. The number of allylic oxidation sites excluding steroid dienone is 1. The van der Waals surface area contributed by atoms with Gasteiger partial charge in [-0.1, -0.05) is 70.9 Å². The van der Waals surface area contributed by atoms with E-state index >= 15 is 0 Å². The van der Waals surface area contributed by atoms with E-state index in [1.807, 2.05) is 0 Å². The SMILES string of the molecule is CCOC(=O)C1=C(C(F)(F)F)N=c2s/c(=C\c3cccc(OC)c3OCc3ccc(Cl)cc3)c(=O)n2[C@@H]1c1ccc(Cl)cc1. The predicted molar refractivity (Wildman–Crippen MR) is 161 cm³/mol. The van der Waals surface area contributed by atoms with Crippen LogP contribution in [-0.4, -0.2) is 30.4 Å². The second kappa shape index (κ2) is 12.9. The normalized spacial score (nSPS) is 15.1. The molecule has 0 fully saturated rings. The Morgan fingerprint density at radius 2 is 1.70 bits per heavy atom. The standard InChI is InChI=1S/C31H23Cl2F3N2O5S/c1-3-42-29(40)24-25(18-9-13-21(33)14-10-18)38-28(39)23(44-30(38)37-27(24)31(34,35)36)15-19-5-4-6-22(41-2)26(19)43-16-17-7-11-20(32)12-8-17/h4-15,25H,3,16H2,1-2H3/b23-15-/t25-/m1/s1. The van der Waals surface area contributed by atoms with Crippen LogP contribution in [0.3, 0.4) is 0 Å². The van der Waals surface area contributed by atoms with Gasteiger partial charge in [0.2, 0.25) is 0 Å². The van der Waals surface area contributed by atoms with E-state index in [9.17, 15) is 22.8 Å². The van der Waals surface area contributed by atoms with E-state index in [0.717, 1.165) is 21.5 Å². The van der Waals surface area contributed by atoms with Crippen molar-refractivity contribution in [2.75, 3.05) is 13.7 Å². The van der Waals surface area contributed by atoms with E-state index in [1.54, 1.807) is 42.5 Å². The fourth-order valence-corrected chi connectivity index (χ4v) is 5.88. The van der Waals surface area contributed by atoms with Gasteiger partial charge in [0.15, 0.2) is 22.0 Å². The van der Waals surface area contributed by atoms with Crippen LogP contribution < -0.4 is 24.4 Å². The zero-order valence-corrected chi connectivity index (χ0v) is 25.5. The van der Waals surface area contributed by atoms with E-state index in [1.165, 1.54) is 44.4 Å². The maximum atomic E-state index is 14.4. The van der Waals surface area contributed by atoms with Gasteiger partial charge in [0.05, 0.1) is 29.9 Å². The number of hydrogen-bond donors (Lipinski definition) is 0. The molecule has 7 nitrogen and oxygen atoms in total. The Balaban J connectivity index is 1.70. The molecule has 3 aromatic carbocycles. The number of halogens is 5. The highest BCUT2D eigenvalue weighted by molar-refractivity contribution is 7.07. The van der Waals surface area contributed by atoms with Crippen molar-refractivity contribution in [2.45, 2.75) is 25.7 Å². The first-order chi connectivity index (χ1) is 21.0. The summed E-state index contributed by atoms with van der Waals surface area (Å²) in [4.78, 5) is 30.5. The quantitative estimate of drug-likeness (QED) is 0.209. The number of ether oxygens (including phenoxy) is 3. The summed E-state index contributed by atoms with van der Waals surface area (Å²) in [5, 5.41) is 0.891. The van der Waals surface area contributed by atoms with Crippen molar-refractivity contribution in [3.05, 3.63) is 124 Å². The lowest BCUT2D eigenvalue weighted by Crippen LogP contribution is -2.41. The van der Waals surface area contributed by atoms with Gasteiger partial charge in [0.1, 0.15) is 6.61 Å². The van der Waals surface area contributed by atoms with Gasteiger partial charge in [0.25, 0.3) is 5.56 Å². The third kappa shape index (κ3) is 6.40. The molecule has 1 aliphatic heterocycles. The number of alkyl halides is 3. The number of esters is 1. The number of nitrogens with zero attached hydrogens (tertiary/aromatic N) is 2. The molecule has 1 atom stereocenters. The minimum absolute atomic E-state index is 0.0546. The summed E-state index contributed by atoms with van der Waals surface area (Å²) in [5.74, 6) is -0.541. The van der Waals surface area contributed by atoms with Crippen molar-refractivity contribution in [3.8, 4) is 11.5 Å². The number of hydrogen-bond acceptors (Lipinski definition) is 7. The van der Waals surface area contributed by atoms with Crippen molar-refractivity contribution >= 4 is 46.6 Å². The van der Waals surface area contributed by atoms with Crippen LogP contribution in [-0.2, 0) is 16.1 Å². The molecular formula is C31H23Cl2F3N2O5S. The van der Waals surface area contributed by atoms with Crippen LogP contribution in [0.25, 0.3) is 6.08 Å². The van der Waals surface area contributed by atoms with Gasteiger partial charge in [0, 0.05) is 15.6 Å². The second-order valence-electron chi connectivity index (χ2n) is 9.41. The molecule has 0 unspecified atom stereocenters.